The molecule has 0 bridgehead atoms. The van der Waals surface area contributed by atoms with Crippen LogP contribution in [0, 0.1) is 0 Å². The number of rotatable bonds is 5. The molecular weight excluding hydrogens is 631 g/mol. The number of nitrogens with zero attached hydrogens (tertiary/aromatic N) is 3. The van der Waals surface area contributed by atoms with Gasteiger partial charge in [0, 0.05) is 44.1 Å². The lowest BCUT2D eigenvalue weighted by atomic mass is 9.82. The molecule has 9 aromatic rings. The second-order valence-corrected chi connectivity index (χ2v) is 14.2. The fraction of sp³-hybridized carbons (Fsp3) is 0.0612. The molecule has 0 radical (unpaired) electrons. The monoisotopic (exact) mass is 665 g/mol. The van der Waals surface area contributed by atoms with Gasteiger partial charge in [-0.2, -0.15) is 0 Å². The van der Waals surface area contributed by atoms with Crippen LogP contribution < -0.4 is 0 Å². The van der Waals surface area contributed by atoms with Crippen LogP contribution in [0.5, 0.6) is 0 Å². The summed E-state index contributed by atoms with van der Waals surface area (Å²) in [6, 6.07) is 62.8. The van der Waals surface area contributed by atoms with Crippen molar-refractivity contribution >= 4 is 21.8 Å². The van der Waals surface area contributed by atoms with Gasteiger partial charge in [0.15, 0.2) is 5.82 Å². The zero-order valence-corrected chi connectivity index (χ0v) is 29.1. The molecule has 0 saturated heterocycles. The zero-order valence-electron chi connectivity index (χ0n) is 29.1. The number of fused-ring (bicyclic) bond motifs is 6. The van der Waals surface area contributed by atoms with E-state index in [9.17, 15) is 0 Å². The van der Waals surface area contributed by atoms with Crippen LogP contribution in [0.4, 0.5) is 0 Å². The predicted octanol–water partition coefficient (Wildman–Crippen LogP) is 12.5. The van der Waals surface area contributed by atoms with Crippen molar-refractivity contribution in [1.82, 2.24) is 14.5 Å². The molecular formula is C49H35N3. The van der Waals surface area contributed by atoms with Gasteiger partial charge in [0.1, 0.15) is 0 Å². The van der Waals surface area contributed by atoms with Crippen molar-refractivity contribution in [2.24, 2.45) is 0 Å². The normalized spacial score (nSPS) is 13.0. The Morgan fingerprint density at radius 2 is 1.00 bits per heavy atom. The Kier molecular flexibility index (Phi) is 6.84. The Labute approximate surface area is 303 Å². The lowest BCUT2D eigenvalue weighted by Crippen LogP contribution is -2.14. The average molecular weight is 666 g/mol. The van der Waals surface area contributed by atoms with Gasteiger partial charge in [-0.3, -0.25) is 0 Å². The highest BCUT2D eigenvalue weighted by Gasteiger charge is 2.36. The van der Waals surface area contributed by atoms with Gasteiger partial charge in [-0.1, -0.05) is 153 Å². The molecule has 0 atom stereocenters. The van der Waals surface area contributed by atoms with Crippen molar-refractivity contribution < 1.29 is 0 Å². The Balaban J connectivity index is 1.20. The minimum absolute atomic E-state index is 0.0951. The smallest absolute Gasteiger partial charge is 0.160 e. The molecule has 1 aliphatic carbocycles. The first-order valence-electron chi connectivity index (χ1n) is 17.9. The molecule has 0 N–H and O–H groups in total. The van der Waals surface area contributed by atoms with Gasteiger partial charge >= 0.3 is 0 Å². The van der Waals surface area contributed by atoms with Crippen molar-refractivity contribution in [3.05, 3.63) is 187 Å². The molecule has 0 unspecified atom stereocenters. The summed E-state index contributed by atoms with van der Waals surface area (Å²) in [5.74, 6) is 0.704. The molecule has 0 amide bonds. The maximum absolute atomic E-state index is 5.15. The molecule has 1 aliphatic rings. The number of para-hydroxylation sites is 2. The maximum atomic E-state index is 5.15. The van der Waals surface area contributed by atoms with Crippen molar-refractivity contribution in [1.29, 1.82) is 0 Å². The van der Waals surface area contributed by atoms with Gasteiger partial charge in [0.25, 0.3) is 0 Å². The van der Waals surface area contributed by atoms with E-state index in [1.807, 2.05) is 12.1 Å². The predicted molar refractivity (Wildman–Crippen MR) is 216 cm³/mol. The topological polar surface area (TPSA) is 30.7 Å². The maximum Gasteiger partial charge on any atom is 0.160 e. The third kappa shape index (κ3) is 4.74. The van der Waals surface area contributed by atoms with Gasteiger partial charge in [-0.25, -0.2) is 9.97 Å². The number of hydrogen-bond acceptors (Lipinski definition) is 2. The number of benzene rings is 7. The molecule has 246 valence electrons. The van der Waals surface area contributed by atoms with Crippen molar-refractivity contribution in [2.45, 2.75) is 19.3 Å². The van der Waals surface area contributed by atoms with Crippen LogP contribution in [-0.4, -0.2) is 14.5 Å². The first-order chi connectivity index (χ1) is 25.5. The van der Waals surface area contributed by atoms with Crippen molar-refractivity contribution in [2.75, 3.05) is 0 Å². The van der Waals surface area contributed by atoms with Gasteiger partial charge in [-0.15, -0.1) is 0 Å². The Morgan fingerprint density at radius 3 is 1.71 bits per heavy atom. The molecule has 0 spiro atoms. The van der Waals surface area contributed by atoms with Crippen LogP contribution >= 0.6 is 0 Å². The minimum Gasteiger partial charge on any atom is -0.309 e. The van der Waals surface area contributed by atoms with Gasteiger partial charge in [-0.05, 0) is 64.2 Å². The summed E-state index contributed by atoms with van der Waals surface area (Å²) in [5, 5.41) is 2.50. The van der Waals surface area contributed by atoms with E-state index >= 15 is 0 Å². The van der Waals surface area contributed by atoms with E-state index in [-0.39, 0.29) is 5.41 Å². The molecule has 2 aromatic heterocycles. The lowest BCUT2D eigenvalue weighted by Gasteiger charge is -2.21. The first kappa shape index (κ1) is 30.3. The van der Waals surface area contributed by atoms with Crippen molar-refractivity contribution in [3.8, 4) is 61.8 Å². The summed E-state index contributed by atoms with van der Waals surface area (Å²) in [6.07, 6.45) is 0. The summed E-state index contributed by atoms with van der Waals surface area (Å²) in [7, 11) is 0. The van der Waals surface area contributed by atoms with E-state index < -0.39 is 0 Å². The van der Waals surface area contributed by atoms with Crippen molar-refractivity contribution in [3.63, 3.8) is 0 Å². The molecule has 3 heteroatoms. The van der Waals surface area contributed by atoms with Crippen LogP contribution in [0.1, 0.15) is 25.0 Å². The Bertz CT molecular complexity index is 2740. The molecule has 3 nitrogen and oxygen atoms in total. The molecule has 52 heavy (non-hydrogen) atoms. The molecule has 7 aromatic carbocycles. The molecule has 10 rings (SSSR count). The molecule has 0 fully saturated rings. The van der Waals surface area contributed by atoms with Crippen LogP contribution in [0.3, 0.4) is 0 Å². The highest BCUT2D eigenvalue weighted by atomic mass is 15.0. The number of hydrogen-bond donors (Lipinski definition) is 0. The lowest BCUT2D eigenvalue weighted by molar-refractivity contribution is 0.661. The minimum atomic E-state index is -0.0951. The van der Waals surface area contributed by atoms with Gasteiger partial charge in [0.2, 0.25) is 0 Å². The second-order valence-electron chi connectivity index (χ2n) is 14.2. The van der Waals surface area contributed by atoms with Gasteiger partial charge in [0.05, 0.1) is 22.4 Å². The highest BCUT2D eigenvalue weighted by molar-refractivity contribution is 6.15. The van der Waals surface area contributed by atoms with Crippen LogP contribution in [0.2, 0.25) is 0 Å². The fourth-order valence-electron chi connectivity index (χ4n) is 8.25. The van der Waals surface area contributed by atoms with Gasteiger partial charge < -0.3 is 4.57 Å². The van der Waals surface area contributed by atoms with Crippen LogP contribution in [-0.2, 0) is 5.41 Å². The van der Waals surface area contributed by atoms with E-state index in [4.69, 9.17) is 9.97 Å². The zero-order chi connectivity index (χ0) is 34.8. The summed E-state index contributed by atoms with van der Waals surface area (Å²) in [5.41, 5.74) is 16.1. The second kappa shape index (κ2) is 11.8. The third-order valence-corrected chi connectivity index (χ3v) is 10.8. The van der Waals surface area contributed by atoms with Crippen LogP contribution in [0.25, 0.3) is 83.6 Å². The first-order valence-corrected chi connectivity index (χ1v) is 17.9. The summed E-state index contributed by atoms with van der Waals surface area (Å²) < 4.78 is 2.46. The molecule has 0 aliphatic heterocycles. The fourth-order valence-corrected chi connectivity index (χ4v) is 8.25. The van der Waals surface area contributed by atoms with E-state index in [0.717, 1.165) is 39.3 Å². The molecule has 0 saturated carbocycles. The summed E-state index contributed by atoms with van der Waals surface area (Å²) >= 11 is 0. The average Bonchev–Trinajstić information content (AvgIpc) is 3.66. The third-order valence-electron chi connectivity index (χ3n) is 10.8. The van der Waals surface area contributed by atoms with E-state index in [0.29, 0.717) is 5.82 Å². The summed E-state index contributed by atoms with van der Waals surface area (Å²) in [6.45, 7) is 4.71. The molecule has 2 heterocycles. The Morgan fingerprint density at radius 1 is 0.423 bits per heavy atom. The largest absolute Gasteiger partial charge is 0.309 e. The highest BCUT2D eigenvalue weighted by Crippen LogP contribution is 2.51. The van der Waals surface area contributed by atoms with E-state index in [2.05, 4.69) is 182 Å². The number of aromatic nitrogens is 3. The van der Waals surface area contributed by atoms with E-state index in [1.165, 1.54) is 49.6 Å². The quantitative estimate of drug-likeness (QED) is 0.183. The summed E-state index contributed by atoms with van der Waals surface area (Å²) in [4.78, 5) is 10.3. The standard InChI is InChI=1S/C49H35N3/c1-49(2)42-27-13-12-24-38(42)40-29-41-39-26-15-25-37(47(39)52(46(41)30-43(40)49)36-22-10-5-11-23-36)34-20-14-21-35(28-34)48-50-44(32-16-6-3-7-17-32)31-45(51-48)33-18-8-4-9-19-33/h3-31H,1-2H3. The SMILES string of the molecule is CC1(C)c2ccccc2-c2cc3c4cccc(-c5cccc(-c6nc(-c7ccccc7)cc(-c7ccccc7)n6)c5)c4n(-c4ccccc4)c3cc21. The van der Waals surface area contributed by atoms with Crippen LogP contribution in [0.15, 0.2) is 176 Å². The van der Waals surface area contributed by atoms with E-state index in [1.54, 1.807) is 0 Å². The Hall–Kier alpha value is -6.58.